The number of nitrogens with zero attached hydrogens (tertiary/aromatic N) is 3. The van der Waals surface area contributed by atoms with Gasteiger partial charge in [0.15, 0.2) is 0 Å². The number of benzene rings is 1. The number of hydrogen-bond donors (Lipinski definition) is 1. The fourth-order valence-electron chi connectivity index (χ4n) is 3.91. The Bertz CT molecular complexity index is 926. The molecule has 6 nitrogen and oxygen atoms in total. The number of rotatable bonds is 8. The molecule has 4 rings (SSSR count). The van der Waals surface area contributed by atoms with Crippen molar-refractivity contribution in [3.8, 4) is 17.1 Å². The van der Waals surface area contributed by atoms with Crippen LogP contribution in [-0.2, 0) is 17.8 Å². The van der Waals surface area contributed by atoms with Crippen molar-refractivity contribution in [3.05, 3.63) is 66.2 Å². The minimum atomic E-state index is -0.0647. The van der Waals surface area contributed by atoms with Crippen molar-refractivity contribution in [1.82, 2.24) is 14.5 Å². The largest absolute Gasteiger partial charge is 0.493 e. The van der Waals surface area contributed by atoms with Gasteiger partial charge >= 0.3 is 0 Å². The summed E-state index contributed by atoms with van der Waals surface area (Å²) in [6, 6.07) is 10.2. The molecule has 0 bridgehead atoms. The maximum Gasteiger partial charge on any atom is 0.140 e. The molecule has 2 aromatic heterocycles. The highest BCUT2D eigenvalue weighted by Crippen LogP contribution is 2.34. The second-order valence-electron chi connectivity index (χ2n) is 7.41. The molecule has 1 saturated heterocycles. The maximum atomic E-state index is 9.79. The summed E-state index contributed by atoms with van der Waals surface area (Å²) in [4.78, 5) is 8.72. The first kappa shape index (κ1) is 19.6. The average molecular weight is 393 g/mol. The Morgan fingerprint density at radius 3 is 2.83 bits per heavy atom. The third-order valence-corrected chi connectivity index (χ3v) is 5.39. The smallest absolute Gasteiger partial charge is 0.140 e. The van der Waals surface area contributed by atoms with E-state index in [1.807, 2.05) is 43.0 Å². The van der Waals surface area contributed by atoms with E-state index in [9.17, 15) is 5.11 Å². The fraction of sp³-hybridized carbons (Fsp3) is 0.391. The SMILES string of the molecule is CCCOc1ccc(-c2nccn2[C@@H]2COC[C@H]2Cc2ccncc2)cc1CO. The molecule has 2 atom stereocenters. The lowest BCUT2D eigenvalue weighted by atomic mass is 9.95. The first-order valence-corrected chi connectivity index (χ1v) is 10.2. The van der Waals surface area contributed by atoms with Crippen LogP contribution in [0, 0.1) is 5.92 Å². The summed E-state index contributed by atoms with van der Waals surface area (Å²) in [6.07, 6.45) is 9.39. The van der Waals surface area contributed by atoms with Crippen LogP contribution >= 0.6 is 0 Å². The summed E-state index contributed by atoms with van der Waals surface area (Å²) in [5.41, 5.74) is 3.01. The molecule has 29 heavy (non-hydrogen) atoms. The van der Waals surface area contributed by atoms with Crippen LogP contribution in [0.2, 0.25) is 0 Å². The molecule has 6 heteroatoms. The van der Waals surface area contributed by atoms with Gasteiger partial charge in [0.05, 0.1) is 32.5 Å². The number of aromatic nitrogens is 3. The van der Waals surface area contributed by atoms with Gasteiger partial charge in [-0.25, -0.2) is 4.98 Å². The van der Waals surface area contributed by atoms with E-state index in [2.05, 4.69) is 33.6 Å². The van der Waals surface area contributed by atoms with Crippen LogP contribution in [0.1, 0.15) is 30.5 Å². The highest BCUT2D eigenvalue weighted by molar-refractivity contribution is 5.59. The van der Waals surface area contributed by atoms with Crippen LogP contribution in [-0.4, -0.2) is 39.5 Å². The molecule has 0 spiro atoms. The standard InChI is InChI=1S/C23H27N3O3/c1-2-11-29-22-4-3-18(13-19(22)14-27)23-25-9-10-26(23)21-16-28-15-20(21)12-17-5-7-24-8-6-17/h3-10,13,20-21,27H,2,11-12,14-16H2,1H3/t20-,21-/m1/s1. The Labute approximate surface area is 171 Å². The summed E-state index contributed by atoms with van der Waals surface area (Å²) >= 11 is 0. The topological polar surface area (TPSA) is 69.4 Å². The van der Waals surface area contributed by atoms with Crippen LogP contribution in [0.3, 0.4) is 0 Å². The zero-order valence-electron chi connectivity index (χ0n) is 16.7. The average Bonchev–Trinajstić information content (AvgIpc) is 3.42. The lowest BCUT2D eigenvalue weighted by Gasteiger charge is -2.21. The van der Waals surface area contributed by atoms with Crippen molar-refractivity contribution in [2.75, 3.05) is 19.8 Å². The van der Waals surface area contributed by atoms with E-state index in [1.165, 1.54) is 5.56 Å². The Morgan fingerprint density at radius 2 is 2.03 bits per heavy atom. The van der Waals surface area contributed by atoms with E-state index in [0.717, 1.165) is 42.1 Å². The van der Waals surface area contributed by atoms with Crippen LogP contribution in [0.15, 0.2) is 55.1 Å². The number of ether oxygens (including phenoxy) is 2. The summed E-state index contributed by atoms with van der Waals surface area (Å²) in [5, 5.41) is 9.79. The first-order chi connectivity index (χ1) is 14.3. The summed E-state index contributed by atoms with van der Waals surface area (Å²) < 4.78 is 13.8. The maximum absolute atomic E-state index is 9.79. The van der Waals surface area contributed by atoms with Gasteiger partial charge < -0.3 is 19.1 Å². The molecule has 0 radical (unpaired) electrons. The Hall–Kier alpha value is -2.70. The van der Waals surface area contributed by atoms with Crippen molar-refractivity contribution in [2.24, 2.45) is 5.92 Å². The van der Waals surface area contributed by atoms with Gasteiger partial charge in [0.25, 0.3) is 0 Å². The predicted octanol–water partition coefficient (Wildman–Crippen LogP) is 3.66. The fourth-order valence-corrected chi connectivity index (χ4v) is 3.91. The van der Waals surface area contributed by atoms with Crippen LogP contribution in [0.4, 0.5) is 0 Å². The number of aliphatic hydroxyl groups is 1. The van der Waals surface area contributed by atoms with Gasteiger partial charge in [0.2, 0.25) is 0 Å². The quantitative estimate of drug-likeness (QED) is 0.633. The first-order valence-electron chi connectivity index (χ1n) is 10.2. The van der Waals surface area contributed by atoms with Gasteiger partial charge in [-0.05, 0) is 48.7 Å². The van der Waals surface area contributed by atoms with Gasteiger partial charge in [0, 0.05) is 41.8 Å². The lowest BCUT2D eigenvalue weighted by molar-refractivity contribution is 0.181. The third-order valence-electron chi connectivity index (χ3n) is 5.39. The monoisotopic (exact) mass is 393 g/mol. The second-order valence-corrected chi connectivity index (χ2v) is 7.41. The van der Waals surface area contributed by atoms with Gasteiger partial charge in [-0.3, -0.25) is 4.98 Å². The van der Waals surface area contributed by atoms with Crippen LogP contribution < -0.4 is 4.74 Å². The van der Waals surface area contributed by atoms with Gasteiger partial charge in [-0.1, -0.05) is 6.92 Å². The highest BCUT2D eigenvalue weighted by atomic mass is 16.5. The zero-order chi connectivity index (χ0) is 20.1. The number of hydrogen-bond acceptors (Lipinski definition) is 5. The molecule has 0 saturated carbocycles. The predicted molar refractivity (Wildman–Crippen MR) is 111 cm³/mol. The molecule has 152 valence electrons. The molecular weight excluding hydrogens is 366 g/mol. The molecule has 3 heterocycles. The molecule has 1 aliphatic heterocycles. The summed E-state index contributed by atoms with van der Waals surface area (Å²) in [5.74, 6) is 1.99. The van der Waals surface area contributed by atoms with Crippen LogP contribution in [0.25, 0.3) is 11.4 Å². The van der Waals surface area contributed by atoms with Gasteiger partial charge in [-0.2, -0.15) is 0 Å². The normalized spacial score (nSPS) is 18.8. The molecule has 0 aliphatic carbocycles. The molecule has 1 N–H and O–H groups in total. The van der Waals surface area contributed by atoms with E-state index in [4.69, 9.17) is 9.47 Å². The molecule has 3 aromatic rings. The summed E-state index contributed by atoms with van der Waals surface area (Å²) in [7, 11) is 0. The van der Waals surface area contributed by atoms with E-state index in [-0.39, 0.29) is 12.6 Å². The second kappa shape index (κ2) is 9.20. The van der Waals surface area contributed by atoms with Crippen molar-refractivity contribution < 1.29 is 14.6 Å². The van der Waals surface area contributed by atoms with E-state index in [1.54, 1.807) is 0 Å². The van der Waals surface area contributed by atoms with Crippen molar-refractivity contribution in [1.29, 1.82) is 0 Å². The van der Waals surface area contributed by atoms with Crippen LogP contribution in [0.5, 0.6) is 5.75 Å². The minimum absolute atomic E-state index is 0.0647. The minimum Gasteiger partial charge on any atom is -0.493 e. The highest BCUT2D eigenvalue weighted by Gasteiger charge is 2.31. The van der Waals surface area contributed by atoms with E-state index < -0.39 is 0 Å². The van der Waals surface area contributed by atoms with Crippen molar-refractivity contribution in [2.45, 2.75) is 32.4 Å². The van der Waals surface area contributed by atoms with E-state index in [0.29, 0.717) is 19.1 Å². The van der Waals surface area contributed by atoms with E-state index >= 15 is 0 Å². The van der Waals surface area contributed by atoms with Crippen molar-refractivity contribution in [3.63, 3.8) is 0 Å². The molecule has 0 amide bonds. The molecule has 1 fully saturated rings. The number of imidazole rings is 1. The molecule has 0 unspecified atom stereocenters. The number of pyridine rings is 1. The molecule has 1 aromatic carbocycles. The zero-order valence-corrected chi connectivity index (χ0v) is 16.7. The molecular formula is C23H27N3O3. The lowest BCUT2D eigenvalue weighted by Crippen LogP contribution is -2.20. The van der Waals surface area contributed by atoms with Gasteiger partial charge in [-0.15, -0.1) is 0 Å². The molecule has 1 aliphatic rings. The summed E-state index contributed by atoms with van der Waals surface area (Å²) in [6.45, 7) is 4.04. The van der Waals surface area contributed by atoms with Gasteiger partial charge in [0.1, 0.15) is 11.6 Å². The third kappa shape index (κ3) is 4.33. The number of aliphatic hydroxyl groups excluding tert-OH is 1. The Kier molecular flexibility index (Phi) is 6.22. The Morgan fingerprint density at radius 1 is 1.17 bits per heavy atom. The Balaban J connectivity index is 1.59. The van der Waals surface area contributed by atoms with Crippen molar-refractivity contribution >= 4 is 0 Å².